The number of aliphatic carboxylic acids is 1. The minimum Gasteiger partial charge on any atom is -0.477 e. The molecule has 2 N–H and O–H groups in total. The van der Waals surface area contributed by atoms with E-state index in [4.69, 9.17) is 4.74 Å². The molecule has 0 saturated carbocycles. The highest BCUT2D eigenvalue weighted by atomic mass is 32.2. The highest BCUT2D eigenvalue weighted by Crippen LogP contribution is 2.55. The van der Waals surface area contributed by atoms with Gasteiger partial charge in [-0.2, -0.15) is 0 Å². The molecule has 1 aromatic rings. The standard InChI is InChI=1S/C20H21N3O8S2/c1-10(24)14-16(25)22-15(18(26)27)19(33-17(14)22)32-13-6-7-21(8-13)20(28)31-9-11-2-4-12(5-3-11)23(29)30/h2-5,10,13-14,17,24H,6-9H2,1H3,(H,26,27)/t10-,13?,14+,17+/m0/s1. The molecule has 33 heavy (non-hydrogen) atoms. The number of likely N-dealkylation sites (tertiary alicyclic amines) is 1. The van der Waals surface area contributed by atoms with Crippen molar-refractivity contribution in [3.05, 3.63) is 49.9 Å². The summed E-state index contributed by atoms with van der Waals surface area (Å²) in [6, 6.07) is 5.73. The molecular weight excluding hydrogens is 474 g/mol. The maximum absolute atomic E-state index is 12.4. The molecule has 0 bridgehead atoms. The number of β-lactam (4-membered cyclic amide) rings is 1. The van der Waals surface area contributed by atoms with Crippen LogP contribution in [0.5, 0.6) is 0 Å². The van der Waals surface area contributed by atoms with Crippen molar-refractivity contribution in [2.24, 2.45) is 5.92 Å². The molecular formula is C20H21N3O8S2. The number of non-ortho nitro benzene ring substituents is 1. The number of fused-ring (bicyclic) bond motifs is 1. The van der Waals surface area contributed by atoms with E-state index >= 15 is 0 Å². The molecule has 3 aliphatic heterocycles. The van der Waals surface area contributed by atoms with Crippen LogP contribution < -0.4 is 0 Å². The first-order valence-electron chi connectivity index (χ1n) is 10.1. The number of hydrogen-bond acceptors (Lipinski definition) is 9. The summed E-state index contributed by atoms with van der Waals surface area (Å²) in [5.74, 6) is -2.21. The van der Waals surface area contributed by atoms with Gasteiger partial charge in [0, 0.05) is 30.5 Å². The number of nitrogens with zero attached hydrogens (tertiary/aromatic N) is 3. The van der Waals surface area contributed by atoms with Gasteiger partial charge >= 0.3 is 12.1 Å². The van der Waals surface area contributed by atoms with Gasteiger partial charge in [0.05, 0.1) is 21.2 Å². The number of amides is 2. The molecule has 176 valence electrons. The Balaban J connectivity index is 1.32. The Morgan fingerprint density at radius 3 is 2.67 bits per heavy atom. The smallest absolute Gasteiger partial charge is 0.410 e. The zero-order chi connectivity index (χ0) is 23.9. The number of aliphatic hydroxyl groups is 1. The molecule has 3 heterocycles. The summed E-state index contributed by atoms with van der Waals surface area (Å²) in [5.41, 5.74) is 0.520. The average Bonchev–Trinajstić information content (AvgIpc) is 3.35. The lowest BCUT2D eigenvalue weighted by molar-refractivity contribution is -0.384. The molecule has 4 atom stereocenters. The molecule has 0 spiro atoms. The Hall–Kier alpha value is -2.77. The molecule has 13 heteroatoms. The van der Waals surface area contributed by atoms with Gasteiger partial charge in [-0.15, -0.1) is 11.8 Å². The fraction of sp³-hybridized carbons (Fsp3) is 0.450. The molecule has 2 saturated heterocycles. The third-order valence-corrected chi connectivity index (χ3v) is 8.51. The average molecular weight is 496 g/mol. The van der Waals surface area contributed by atoms with Crippen LogP contribution in [0.4, 0.5) is 10.5 Å². The van der Waals surface area contributed by atoms with Gasteiger partial charge in [0.2, 0.25) is 5.91 Å². The molecule has 1 unspecified atom stereocenters. The quantitative estimate of drug-likeness (QED) is 0.327. The minimum absolute atomic E-state index is 0.0191. The van der Waals surface area contributed by atoms with E-state index in [1.165, 1.54) is 64.5 Å². The molecule has 2 amide bonds. The van der Waals surface area contributed by atoms with Crippen LogP contribution in [0.15, 0.2) is 34.2 Å². The van der Waals surface area contributed by atoms with Crippen LogP contribution in [0.3, 0.4) is 0 Å². The number of carbonyl (C=O) groups is 3. The lowest BCUT2D eigenvalue weighted by Crippen LogP contribution is -2.60. The van der Waals surface area contributed by atoms with Gasteiger partial charge in [-0.25, -0.2) is 9.59 Å². The molecule has 0 radical (unpaired) electrons. The van der Waals surface area contributed by atoms with Crippen molar-refractivity contribution in [1.82, 2.24) is 9.80 Å². The lowest BCUT2D eigenvalue weighted by atomic mass is 9.92. The number of nitro groups is 1. The Morgan fingerprint density at radius 2 is 2.06 bits per heavy atom. The van der Waals surface area contributed by atoms with Crippen molar-refractivity contribution in [3.8, 4) is 0 Å². The van der Waals surface area contributed by atoms with E-state index < -0.39 is 40.3 Å². The Bertz CT molecular complexity index is 1030. The van der Waals surface area contributed by atoms with E-state index in [0.29, 0.717) is 29.3 Å². The normalized spacial score (nSPS) is 25.0. The number of ether oxygens (including phenoxy) is 1. The van der Waals surface area contributed by atoms with Crippen LogP contribution in [-0.4, -0.2) is 72.7 Å². The molecule has 0 aliphatic carbocycles. The molecule has 1 aromatic carbocycles. The summed E-state index contributed by atoms with van der Waals surface area (Å²) < 4.78 is 5.81. The van der Waals surface area contributed by atoms with E-state index in [-0.39, 0.29) is 23.2 Å². The van der Waals surface area contributed by atoms with Gasteiger partial charge in [0.15, 0.2) is 5.70 Å². The first kappa shape index (κ1) is 23.4. The predicted molar refractivity (Wildman–Crippen MR) is 119 cm³/mol. The van der Waals surface area contributed by atoms with Gasteiger partial charge in [-0.1, -0.05) is 11.8 Å². The molecule has 3 aliphatic rings. The second-order valence-electron chi connectivity index (χ2n) is 7.88. The van der Waals surface area contributed by atoms with Crippen molar-refractivity contribution in [2.45, 2.75) is 36.7 Å². The maximum Gasteiger partial charge on any atom is 0.410 e. The lowest BCUT2D eigenvalue weighted by Gasteiger charge is -2.43. The SMILES string of the molecule is C[C@H](O)[C@@H]1C(=O)N2C(C(=O)O)=C(SC3CCN(C(=O)OCc4ccc([N+](=O)[O-])cc4)C3)S[C@H]12. The molecule has 0 aromatic heterocycles. The third kappa shape index (κ3) is 4.52. The van der Waals surface area contributed by atoms with E-state index in [1.54, 1.807) is 0 Å². The zero-order valence-electron chi connectivity index (χ0n) is 17.4. The third-order valence-electron chi connectivity index (χ3n) is 5.65. The Morgan fingerprint density at radius 1 is 1.36 bits per heavy atom. The fourth-order valence-corrected chi connectivity index (χ4v) is 7.25. The number of rotatable bonds is 7. The van der Waals surface area contributed by atoms with E-state index in [1.807, 2.05) is 0 Å². The monoisotopic (exact) mass is 495 g/mol. The number of carbonyl (C=O) groups excluding carboxylic acids is 2. The van der Waals surface area contributed by atoms with Crippen LogP contribution in [0.25, 0.3) is 0 Å². The Kier molecular flexibility index (Phi) is 6.54. The largest absolute Gasteiger partial charge is 0.477 e. The highest BCUT2D eigenvalue weighted by Gasteiger charge is 2.58. The topological polar surface area (TPSA) is 151 Å². The first-order chi connectivity index (χ1) is 15.7. The second kappa shape index (κ2) is 9.23. The Labute approximate surface area is 196 Å². The number of carboxylic acid groups (broad SMARTS) is 1. The van der Waals surface area contributed by atoms with Crippen molar-refractivity contribution in [2.75, 3.05) is 13.1 Å². The van der Waals surface area contributed by atoms with Crippen molar-refractivity contribution in [1.29, 1.82) is 0 Å². The van der Waals surface area contributed by atoms with Gasteiger partial charge in [0.25, 0.3) is 5.69 Å². The summed E-state index contributed by atoms with van der Waals surface area (Å²) in [6.45, 7) is 2.30. The van der Waals surface area contributed by atoms with Gasteiger partial charge in [0.1, 0.15) is 12.0 Å². The zero-order valence-corrected chi connectivity index (χ0v) is 19.1. The summed E-state index contributed by atoms with van der Waals surface area (Å²) in [4.78, 5) is 49.5. The van der Waals surface area contributed by atoms with E-state index in [2.05, 4.69) is 0 Å². The number of nitro benzene ring substituents is 1. The van der Waals surface area contributed by atoms with Gasteiger partial charge < -0.3 is 19.8 Å². The number of hydrogen-bond donors (Lipinski definition) is 2. The molecule has 4 rings (SSSR count). The van der Waals surface area contributed by atoms with Gasteiger partial charge in [-0.3, -0.25) is 19.8 Å². The van der Waals surface area contributed by atoms with Crippen molar-refractivity contribution < 1.29 is 34.3 Å². The summed E-state index contributed by atoms with van der Waals surface area (Å²) in [7, 11) is 0. The number of benzene rings is 1. The summed E-state index contributed by atoms with van der Waals surface area (Å²) in [6.07, 6.45) is -0.749. The molecule has 11 nitrogen and oxygen atoms in total. The van der Waals surface area contributed by atoms with Crippen molar-refractivity contribution in [3.63, 3.8) is 0 Å². The van der Waals surface area contributed by atoms with Crippen LogP contribution in [0, 0.1) is 16.0 Å². The van der Waals surface area contributed by atoms with E-state index in [9.17, 15) is 34.7 Å². The maximum atomic E-state index is 12.4. The summed E-state index contributed by atoms with van der Waals surface area (Å²) >= 11 is 2.60. The van der Waals surface area contributed by atoms with Crippen LogP contribution in [-0.2, 0) is 20.9 Å². The van der Waals surface area contributed by atoms with E-state index in [0.717, 1.165) is 0 Å². The van der Waals surface area contributed by atoms with Gasteiger partial charge in [-0.05, 0) is 31.0 Å². The fourth-order valence-electron chi connectivity index (χ4n) is 3.92. The molecule has 2 fully saturated rings. The number of carboxylic acids is 1. The number of thioether (sulfide) groups is 2. The summed E-state index contributed by atoms with van der Waals surface area (Å²) in [5, 5.41) is 29.7. The predicted octanol–water partition coefficient (Wildman–Crippen LogP) is 2.20. The van der Waals surface area contributed by atoms with Crippen LogP contribution >= 0.6 is 23.5 Å². The number of aliphatic hydroxyl groups excluding tert-OH is 1. The van der Waals surface area contributed by atoms with Crippen LogP contribution in [0.1, 0.15) is 18.9 Å². The van der Waals surface area contributed by atoms with Crippen LogP contribution in [0.2, 0.25) is 0 Å². The first-order valence-corrected chi connectivity index (χ1v) is 11.9. The van der Waals surface area contributed by atoms with Crippen molar-refractivity contribution >= 4 is 47.2 Å². The second-order valence-corrected chi connectivity index (χ2v) is 10.6. The minimum atomic E-state index is -1.19. The highest BCUT2D eigenvalue weighted by molar-refractivity contribution is 8.23.